The number of hydrogen-bond donors (Lipinski definition) is 1. The number of ether oxygens (including phenoxy) is 15. The molecule has 0 aromatic rings. The number of nitrogens with two attached hydrogens (primary N) is 1. The zero-order valence-electron chi connectivity index (χ0n) is 35.1. The van der Waals surface area contributed by atoms with Crippen molar-refractivity contribution in [2.45, 2.75) is 12.8 Å². The summed E-state index contributed by atoms with van der Waals surface area (Å²) in [7, 11) is 0. The predicted octanol–water partition coefficient (Wildman–Crippen LogP) is -0.532. The molecule has 0 aliphatic carbocycles. The van der Waals surface area contributed by atoms with Gasteiger partial charge in [-0.25, -0.2) is 0 Å². The molecule has 0 bridgehead atoms. The normalized spacial score (nSPS) is 12.8. The molecule has 20 nitrogen and oxygen atoms in total. The molecule has 0 saturated carbocycles. The molecule has 1 heterocycles. The average Bonchev–Trinajstić information content (AvgIpc) is 3.55. The Morgan fingerprint density at radius 3 is 0.780 bits per heavy atom. The van der Waals surface area contributed by atoms with E-state index in [0.717, 1.165) is 17.1 Å². The SMILES string of the molecule is NCCOCCOCCOCCOCCOCCOCCOCCOCCOCCOCCOCCOCCOCCOCCOCCCC(=O)CN1C(=O)C=CC1=O. The highest BCUT2D eigenvalue weighted by Crippen LogP contribution is 2.05. The summed E-state index contributed by atoms with van der Waals surface area (Å²) in [5, 5.41) is 0. The molecule has 20 heteroatoms. The Kier molecular flexibility index (Phi) is 42.3. The molecule has 0 saturated heterocycles. The first-order chi connectivity index (χ1) is 29.1. The van der Waals surface area contributed by atoms with E-state index in [1.54, 1.807) is 0 Å². The van der Waals surface area contributed by atoms with Gasteiger partial charge in [0.25, 0.3) is 11.8 Å². The Morgan fingerprint density at radius 1 is 0.356 bits per heavy atom. The van der Waals surface area contributed by atoms with Crippen LogP contribution in [0, 0.1) is 0 Å². The number of carbonyl (C=O) groups excluding carboxylic acids is 3. The molecule has 0 aromatic heterocycles. The summed E-state index contributed by atoms with van der Waals surface area (Å²) in [6, 6.07) is 0. The standard InChI is InChI=1S/C39H72N2O18/c40-5-7-46-9-11-48-13-15-50-17-19-52-21-23-54-25-27-56-29-31-58-33-35-59-34-32-57-30-28-55-26-24-53-22-20-51-18-16-49-14-12-47-10-8-45-6-1-2-37(42)36-41-38(43)3-4-39(41)44/h3-4H,1-2,5-36,40H2. The van der Waals surface area contributed by atoms with Gasteiger partial charge < -0.3 is 76.8 Å². The van der Waals surface area contributed by atoms with Gasteiger partial charge >= 0.3 is 0 Å². The molecule has 1 rings (SSSR count). The van der Waals surface area contributed by atoms with E-state index in [0.29, 0.717) is 211 Å². The minimum atomic E-state index is -0.454. The predicted molar refractivity (Wildman–Crippen MR) is 211 cm³/mol. The van der Waals surface area contributed by atoms with E-state index >= 15 is 0 Å². The lowest BCUT2D eigenvalue weighted by atomic mass is 10.2. The van der Waals surface area contributed by atoms with Crippen LogP contribution in [0.2, 0.25) is 0 Å². The van der Waals surface area contributed by atoms with Crippen LogP contribution in [0.25, 0.3) is 0 Å². The lowest BCUT2D eigenvalue weighted by Gasteiger charge is -2.12. The summed E-state index contributed by atoms with van der Waals surface area (Å²) in [6.45, 7) is 14.7. The molecule has 1 aliphatic rings. The number of hydrogen-bond acceptors (Lipinski definition) is 19. The van der Waals surface area contributed by atoms with Gasteiger partial charge in [-0.15, -0.1) is 0 Å². The quantitative estimate of drug-likeness (QED) is 0.0601. The van der Waals surface area contributed by atoms with Crippen LogP contribution in [0.5, 0.6) is 0 Å². The number of rotatable bonds is 50. The van der Waals surface area contributed by atoms with Crippen LogP contribution in [0.4, 0.5) is 0 Å². The lowest BCUT2D eigenvalue weighted by Crippen LogP contribution is -2.35. The topological polar surface area (TPSA) is 219 Å². The molecule has 346 valence electrons. The van der Waals surface area contributed by atoms with E-state index < -0.39 is 11.8 Å². The molecule has 0 fully saturated rings. The summed E-state index contributed by atoms with van der Waals surface area (Å²) < 4.78 is 81.7. The molecule has 2 N–H and O–H groups in total. The van der Waals surface area contributed by atoms with Crippen LogP contribution in [0.1, 0.15) is 12.8 Å². The molecule has 0 unspecified atom stereocenters. The fourth-order valence-electron chi connectivity index (χ4n) is 4.48. The van der Waals surface area contributed by atoms with Crippen molar-refractivity contribution in [3.63, 3.8) is 0 Å². The smallest absolute Gasteiger partial charge is 0.254 e. The maximum atomic E-state index is 11.9. The van der Waals surface area contributed by atoms with E-state index in [1.165, 1.54) is 0 Å². The zero-order valence-corrected chi connectivity index (χ0v) is 35.1. The first kappa shape index (κ1) is 54.9. The van der Waals surface area contributed by atoms with Crippen LogP contribution in [0.15, 0.2) is 12.2 Å². The minimum absolute atomic E-state index is 0.179. The maximum Gasteiger partial charge on any atom is 0.254 e. The molecule has 0 radical (unpaired) electrons. The van der Waals surface area contributed by atoms with Gasteiger partial charge in [0.15, 0.2) is 5.78 Å². The molecule has 0 aromatic carbocycles. The third kappa shape index (κ3) is 39.8. The third-order valence-electron chi connectivity index (χ3n) is 7.45. The third-order valence-corrected chi connectivity index (χ3v) is 7.45. The first-order valence-electron chi connectivity index (χ1n) is 20.6. The van der Waals surface area contributed by atoms with Gasteiger partial charge in [-0.2, -0.15) is 0 Å². The summed E-state index contributed by atoms with van der Waals surface area (Å²) in [5.74, 6) is -1.09. The minimum Gasteiger partial charge on any atom is -0.379 e. The van der Waals surface area contributed by atoms with Crippen LogP contribution < -0.4 is 5.73 Å². The molecule has 0 spiro atoms. The number of imide groups is 1. The molecule has 59 heavy (non-hydrogen) atoms. The molecular weight excluding hydrogens is 784 g/mol. The maximum absolute atomic E-state index is 11.9. The largest absolute Gasteiger partial charge is 0.379 e. The van der Waals surface area contributed by atoms with Gasteiger partial charge in [0.2, 0.25) is 0 Å². The van der Waals surface area contributed by atoms with Crippen molar-refractivity contribution < 1.29 is 85.4 Å². The van der Waals surface area contributed by atoms with Crippen molar-refractivity contribution in [2.75, 3.05) is 211 Å². The van der Waals surface area contributed by atoms with Crippen molar-refractivity contribution >= 4 is 17.6 Å². The van der Waals surface area contributed by atoms with Gasteiger partial charge in [0.05, 0.1) is 198 Å². The van der Waals surface area contributed by atoms with Crippen molar-refractivity contribution in [3.8, 4) is 0 Å². The summed E-state index contributed by atoms with van der Waals surface area (Å²) in [5.41, 5.74) is 5.33. The van der Waals surface area contributed by atoms with Gasteiger partial charge in [0.1, 0.15) is 0 Å². The summed E-state index contributed by atoms with van der Waals surface area (Å²) >= 11 is 0. The highest BCUT2D eigenvalue weighted by Gasteiger charge is 2.25. The van der Waals surface area contributed by atoms with Crippen LogP contribution in [-0.4, -0.2) is 234 Å². The monoisotopic (exact) mass is 856 g/mol. The van der Waals surface area contributed by atoms with Crippen molar-refractivity contribution in [1.82, 2.24) is 4.90 Å². The van der Waals surface area contributed by atoms with Gasteiger partial charge in [-0.05, 0) is 6.42 Å². The highest BCUT2D eigenvalue weighted by molar-refractivity contribution is 6.14. The van der Waals surface area contributed by atoms with Gasteiger partial charge in [-0.3, -0.25) is 19.3 Å². The lowest BCUT2D eigenvalue weighted by molar-refractivity contribution is -0.140. The summed E-state index contributed by atoms with van der Waals surface area (Å²) in [6.07, 6.45) is 3.08. The fraction of sp³-hybridized carbons (Fsp3) is 0.872. The Labute approximate surface area is 349 Å². The second-order valence-corrected chi connectivity index (χ2v) is 12.2. The van der Waals surface area contributed by atoms with Crippen molar-refractivity contribution in [2.24, 2.45) is 5.73 Å². The van der Waals surface area contributed by atoms with E-state index in [9.17, 15) is 14.4 Å². The van der Waals surface area contributed by atoms with E-state index in [4.69, 9.17) is 76.8 Å². The molecule has 2 amide bonds. The number of amides is 2. The average molecular weight is 857 g/mol. The molecule has 1 aliphatic heterocycles. The molecular formula is C39H72N2O18. The second-order valence-electron chi connectivity index (χ2n) is 12.2. The van der Waals surface area contributed by atoms with Crippen LogP contribution in [0.3, 0.4) is 0 Å². The van der Waals surface area contributed by atoms with E-state index in [2.05, 4.69) is 0 Å². The fourth-order valence-corrected chi connectivity index (χ4v) is 4.48. The number of carbonyl (C=O) groups is 3. The van der Waals surface area contributed by atoms with Gasteiger partial charge in [0, 0.05) is 31.7 Å². The number of nitrogens with zero attached hydrogens (tertiary/aromatic N) is 1. The highest BCUT2D eigenvalue weighted by atomic mass is 16.6. The van der Waals surface area contributed by atoms with Crippen LogP contribution in [-0.2, 0) is 85.4 Å². The Bertz CT molecular complexity index is 964. The second kappa shape index (κ2) is 45.4. The Morgan fingerprint density at radius 2 is 0.559 bits per heavy atom. The van der Waals surface area contributed by atoms with E-state index in [-0.39, 0.29) is 18.7 Å². The first-order valence-corrected chi connectivity index (χ1v) is 20.6. The zero-order chi connectivity index (χ0) is 42.4. The van der Waals surface area contributed by atoms with Crippen molar-refractivity contribution in [3.05, 3.63) is 12.2 Å². The number of ketones is 1. The Hall–Kier alpha value is -2.09. The molecule has 0 atom stereocenters. The van der Waals surface area contributed by atoms with Gasteiger partial charge in [-0.1, -0.05) is 0 Å². The Balaban J connectivity index is 1.62. The summed E-state index contributed by atoms with van der Waals surface area (Å²) in [4.78, 5) is 35.8. The van der Waals surface area contributed by atoms with E-state index in [1.807, 2.05) is 0 Å². The van der Waals surface area contributed by atoms with Crippen LogP contribution >= 0.6 is 0 Å². The van der Waals surface area contributed by atoms with Crippen molar-refractivity contribution in [1.29, 1.82) is 0 Å². The number of Topliss-reactive ketones (excluding diaryl/α,β-unsaturated/α-hetero) is 1.